The third-order valence-corrected chi connectivity index (χ3v) is 4.98. The highest BCUT2D eigenvalue weighted by molar-refractivity contribution is 5.00. The van der Waals surface area contributed by atoms with Crippen molar-refractivity contribution in [1.29, 1.82) is 5.26 Å². The van der Waals surface area contributed by atoms with E-state index < -0.39 is 0 Å². The normalized spacial score (nSPS) is 37.6. The molecular formula is C15H26N2O. The minimum atomic E-state index is 0.215. The van der Waals surface area contributed by atoms with E-state index in [-0.39, 0.29) is 12.5 Å². The number of nitriles is 1. The second-order valence-electron chi connectivity index (χ2n) is 5.94. The summed E-state index contributed by atoms with van der Waals surface area (Å²) in [5.74, 6) is 1.02. The van der Waals surface area contributed by atoms with E-state index in [1.165, 1.54) is 32.1 Å². The molecule has 1 aliphatic heterocycles. The molecule has 1 saturated heterocycles. The zero-order valence-corrected chi connectivity index (χ0v) is 11.5. The van der Waals surface area contributed by atoms with Crippen LogP contribution in [0.15, 0.2) is 0 Å². The molecule has 4 atom stereocenters. The summed E-state index contributed by atoms with van der Waals surface area (Å²) in [6, 6.07) is 3.51. The number of nitrogens with zero attached hydrogens (tertiary/aromatic N) is 2. The quantitative estimate of drug-likeness (QED) is 0.834. The standard InChI is InChI=1S/C15H26N2O/c1-2-12-5-6-13(11-16)15(10-12)17-8-3-4-14(17)7-9-18/h12-15,18H,2-10H2,1H3. The van der Waals surface area contributed by atoms with Crippen LogP contribution < -0.4 is 0 Å². The average molecular weight is 250 g/mol. The first-order chi connectivity index (χ1) is 8.80. The van der Waals surface area contributed by atoms with E-state index in [4.69, 9.17) is 0 Å². The maximum absolute atomic E-state index is 9.37. The van der Waals surface area contributed by atoms with Gasteiger partial charge in [0.1, 0.15) is 0 Å². The van der Waals surface area contributed by atoms with Crippen molar-refractivity contribution in [3.8, 4) is 6.07 Å². The Morgan fingerprint density at radius 2 is 2.17 bits per heavy atom. The van der Waals surface area contributed by atoms with E-state index in [9.17, 15) is 10.4 Å². The van der Waals surface area contributed by atoms with Gasteiger partial charge in [-0.05, 0) is 51.0 Å². The second-order valence-corrected chi connectivity index (χ2v) is 5.94. The number of hydrogen-bond donors (Lipinski definition) is 1. The van der Waals surface area contributed by atoms with Gasteiger partial charge in [0.15, 0.2) is 0 Å². The largest absolute Gasteiger partial charge is 0.396 e. The van der Waals surface area contributed by atoms with Crippen LogP contribution in [-0.4, -0.2) is 35.2 Å². The minimum Gasteiger partial charge on any atom is -0.396 e. The highest BCUT2D eigenvalue weighted by atomic mass is 16.3. The first-order valence-electron chi connectivity index (χ1n) is 7.56. The number of likely N-dealkylation sites (tertiary alicyclic amines) is 1. The van der Waals surface area contributed by atoms with Crippen molar-refractivity contribution in [2.24, 2.45) is 11.8 Å². The topological polar surface area (TPSA) is 47.3 Å². The highest BCUT2D eigenvalue weighted by Crippen LogP contribution is 2.37. The van der Waals surface area contributed by atoms with Gasteiger partial charge in [-0.3, -0.25) is 4.90 Å². The lowest BCUT2D eigenvalue weighted by Crippen LogP contribution is -2.46. The zero-order valence-electron chi connectivity index (χ0n) is 11.5. The summed E-state index contributed by atoms with van der Waals surface area (Å²) < 4.78 is 0. The molecule has 1 N–H and O–H groups in total. The molecule has 0 radical (unpaired) electrons. The molecule has 0 aromatic rings. The predicted molar refractivity (Wildman–Crippen MR) is 72.0 cm³/mol. The third-order valence-electron chi connectivity index (χ3n) is 4.98. The lowest BCUT2D eigenvalue weighted by Gasteiger charge is -2.41. The molecular weight excluding hydrogens is 224 g/mol. The Morgan fingerprint density at radius 1 is 1.33 bits per heavy atom. The molecule has 1 heterocycles. The van der Waals surface area contributed by atoms with Crippen molar-refractivity contribution in [1.82, 2.24) is 4.90 Å². The SMILES string of the molecule is CCC1CCC(C#N)C(N2CCCC2CCO)C1. The number of aliphatic hydroxyl groups excluding tert-OH is 1. The van der Waals surface area contributed by atoms with Gasteiger partial charge in [0.25, 0.3) is 0 Å². The van der Waals surface area contributed by atoms with Crippen LogP contribution in [0, 0.1) is 23.2 Å². The Hall–Kier alpha value is -0.590. The molecule has 0 bridgehead atoms. The summed E-state index contributed by atoms with van der Waals surface area (Å²) in [4.78, 5) is 2.55. The van der Waals surface area contributed by atoms with E-state index in [0.717, 1.165) is 25.3 Å². The Kier molecular flexibility index (Phi) is 5.03. The maximum Gasteiger partial charge on any atom is 0.0672 e. The van der Waals surface area contributed by atoms with Gasteiger partial charge in [-0.25, -0.2) is 0 Å². The van der Waals surface area contributed by atoms with Gasteiger partial charge in [-0.1, -0.05) is 13.3 Å². The van der Waals surface area contributed by atoms with Gasteiger partial charge in [0.05, 0.1) is 12.0 Å². The second kappa shape index (κ2) is 6.54. The summed E-state index contributed by atoms with van der Waals surface area (Å²) in [6.07, 6.45) is 8.04. The van der Waals surface area contributed by atoms with E-state index in [1.54, 1.807) is 0 Å². The van der Waals surface area contributed by atoms with Crippen LogP contribution >= 0.6 is 0 Å². The molecule has 2 fully saturated rings. The third kappa shape index (κ3) is 2.87. The Morgan fingerprint density at radius 3 is 2.83 bits per heavy atom. The molecule has 1 saturated carbocycles. The van der Waals surface area contributed by atoms with Crippen molar-refractivity contribution < 1.29 is 5.11 Å². The monoisotopic (exact) mass is 250 g/mol. The molecule has 3 nitrogen and oxygen atoms in total. The van der Waals surface area contributed by atoms with Gasteiger partial charge in [-0.15, -0.1) is 0 Å². The molecule has 4 unspecified atom stereocenters. The summed E-state index contributed by atoms with van der Waals surface area (Å²) >= 11 is 0. The predicted octanol–water partition coefficient (Wildman–Crippen LogP) is 2.55. The first kappa shape index (κ1) is 13.8. The maximum atomic E-state index is 9.37. The lowest BCUT2D eigenvalue weighted by atomic mass is 9.77. The van der Waals surface area contributed by atoms with Gasteiger partial charge in [-0.2, -0.15) is 5.26 Å². The fourth-order valence-electron chi connectivity index (χ4n) is 3.87. The summed E-state index contributed by atoms with van der Waals surface area (Å²) in [6.45, 7) is 3.68. The van der Waals surface area contributed by atoms with Crippen molar-refractivity contribution in [3.63, 3.8) is 0 Å². The summed E-state index contributed by atoms with van der Waals surface area (Å²) in [5, 5.41) is 18.5. The van der Waals surface area contributed by atoms with Crippen molar-refractivity contribution in [2.45, 2.75) is 64.0 Å². The molecule has 0 amide bonds. The highest BCUT2D eigenvalue weighted by Gasteiger charge is 2.38. The molecule has 3 heteroatoms. The van der Waals surface area contributed by atoms with Crippen molar-refractivity contribution in [3.05, 3.63) is 0 Å². The molecule has 0 spiro atoms. The molecule has 1 aliphatic carbocycles. The Labute approximate surface area is 111 Å². The molecule has 2 rings (SSSR count). The fraction of sp³-hybridized carbons (Fsp3) is 0.933. The Balaban J connectivity index is 2.05. The minimum absolute atomic E-state index is 0.215. The average Bonchev–Trinajstić information content (AvgIpc) is 2.86. The van der Waals surface area contributed by atoms with Gasteiger partial charge >= 0.3 is 0 Å². The van der Waals surface area contributed by atoms with Gasteiger partial charge in [0.2, 0.25) is 0 Å². The van der Waals surface area contributed by atoms with Crippen LogP contribution in [0.3, 0.4) is 0 Å². The van der Waals surface area contributed by atoms with Crippen LogP contribution in [0.2, 0.25) is 0 Å². The zero-order chi connectivity index (χ0) is 13.0. The smallest absolute Gasteiger partial charge is 0.0672 e. The molecule has 102 valence electrons. The van der Waals surface area contributed by atoms with E-state index in [0.29, 0.717) is 12.1 Å². The summed E-state index contributed by atoms with van der Waals surface area (Å²) in [5.41, 5.74) is 0. The van der Waals surface area contributed by atoms with Crippen LogP contribution in [-0.2, 0) is 0 Å². The van der Waals surface area contributed by atoms with E-state index >= 15 is 0 Å². The van der Waals surface area contributed by atoms with Crippen molar-refractivity contribution in [2.75, 3.05) is 13.2 Å². The molecule has 0 aromatic heterocycles. The molecule has 2 aliphatic rings. The van der Waals surface area contributed by atoms with E-state index in [2.05, 4.69) is 17.9 Å². The van der Waals surface area contributed by atoms with Crippen LogP contribution in [0.25, 0.3) is 0 Å². The van der Waals surface area contributed by atoms with Gasteiger partial charge < -0.3 is 5.11 Å². The summed E-state index contributed by atoms with van der Waals surface area (Å²) in [7, 11) is 0. The van der Waals surface area contributed by atoms with E-state index in [1.807, 2.05) is 0 Å². The van der Waals surface area contributed by atoms with Gasteiger partial charge in [0, 0.05) is 18.7 Å². The number of hydrogen-bond acceptors (Lipinski definition) is 3. The van der Waals surface area contributed by atoms with Crippen LogP contribution in [0.5, 0.6) is 0 Å². The fourth-order valence-corrected chi connectivity index (χ4v) is 3.87. The number of aliphatic hydroxyl groups is 1. The van der Waals surface area contributed by atoms with Crippen LogP contribution in [0.4, 0.5) is 0 Å². The molecule has 0 aromatic carbocycles. The molecule has 18 heavy (non-hydrogen) atoms. The number of rotatable bonds is 4. The Bertz CT molecular complexity index is 299. The first-order valence-corrected chi connectivity index (χ1v) is 7.56. The van der Waals surface area contributed by atoms with Crippen LogP contribution in [0.1, 0.15) is 51.9 Å². The lowest BCUT2D eigenvalue weighted by molar-refractivity contribution is 0.0775. The van der Waals surface area contributed by atoms with Crippen molar-refractivity contribution >= 4 is 0 Å².